The molecule has 0 amide bonds. The molecule has 0 N–H and O–H groups in total. The van der Waals surface area contributed by atoms with Gasteiger partial charge in [-0.05, 0) is 83.5 Å². The summed E-state index contributed by atoms with van der Waals surface area (Å²) in [7, 11) is 0. The molecule has 6 nitrogen and oxygen atoms in total. The first-order valence-electron chi connectivity index (χ1n) is 28.4. The third-order valence-electron chi connectivity index (χ3n) is 12.2. The third-order valence-corrected chi connectivity index (χ3v) is 12.2. The SMILES string of the molecule is CC/C=C\C/C=C\C/C=C\C/C=C\C/C=C\CCCC(=O)OC(COC(=O)CCCCCCC/C=C\CCCCC)COC(=O)CCCCCCCCCCCCCCCCCCCCCC. The zero-order chi connectivity index (χ0) is 48.6. The zero-order valence-electron chi connectivity index (χ0n) is 44.2. The number of rotatable bonds is 51. The quantitative estimate of drug-likeness (QED) is 0.0262. The van der Waals surface area contributed by atoms with Crippen LogP contribution in [0.3, 0.4) is 0 Å². The minimum atomic E-state index is -0.806. The van der Waals surface area contributed by atoms with E-state index >= 15 is 0 Å². The van der Waals surface area contributed by atoms with Crippen LogP contribution in [0, 0.1) is 0 Å². The van der Waals surface area contributed by atoms with Crippen LogP contribution in [0.2, 0.25) is 0 Å². The molecular formula is C61H106O6. The highest BCUT2D eigenvalue weighted by atomic mass is 16.6. The van der Waals surface area contributed by atoms with Gasteiger partial charge in [0.25, 0.3) is 0 Å². The van der Waals surface area contributed by atoms with Gasteiger partial charge in [-0.1, -0.05) is 248 Å². The minimum absolute atomic E-state index is 0.0983. The first-order valence-corrected chi connectivity index (χ1v) is 28.4. The van der Waals surface area contributed by atoms with Gasteiger partial charge in [0.1, 0.15) is 13.2 Å². The number of carbonyl (C=O) groups is 3. The van der Waals surface area contributed by atoms with E-state index in [2.05, 4.69) is 93.7 Å². The summed E-state index contributed by atoms with van der Waals surface area (Å²) in [6.07, 6.45) is 70.5. The van der Waals surface area contributed by atoms with Gasteiger partial charge >= 0.3 is 17.9 Å². The van der Waals surface area contributed by atoms with Crippen LogP contribution in [0.5, 0.6) is 0 Å². The Hall–Kier alpha value is -3.15. The zero-order valence-corrected chi connectivity index (χ0v) is 44.2. The average Bonchev–Trinajstić information content (AvgIpc) is 3.33. The number of allylic oxidation sites excluding steroid dienone is 12. The molecule has 0 spiro atoms. The van der Waals surface area contributed by atoms with Gasteiger partial charge in [0.2, 0.25) is 0 Å². The molecule has 0 saturated carbocycles. The molecule has 0 radical (unpaired) electrons. The molecule has 0 fully saturated rings. The summed E-state index contributed by atoms with van der Waals surface area (Å²) in [5.74, 6) is -0.959. The van der Waals surface area contributed by atoms with Crippen LogP contribution in [0.4, 0.5) is 0 Å². The van der Waals surface area contributed by atoms with Crippen LogP contribution in [-0.4, -0.2) is 37.2 Å². The molecular weight excluding hydrogens is 829 g/mol. The topological polar surface area (TPSA) is 78.9 Å². The fraction of sp³-hybridized carbons (Fsp3) is 0.754. The molecule has 1 unspecified atom stereocenters. The summed E-state index contributed by atoms with van der Waals surface area (Å²) >= 11 is 0. The molecule has 386 valence electrons. The summed E-state index contributed by atoms with van der Waals surface area (Å²) in [4.78, 5) is 38.1. The molecule has 0 aliphatic heterocycles. The molecule has 0 aromatic carbocycles. The Morgan fingerprint density at radius 2 is 0.597 bits per heavy atom. The normalized spacial score (nSPS) is 12.6. The fourth-order valence-electron chi connectivity index (χ4n) is 7.94. The number of unbranched alkanes of at least 4 members (excludes halogenated alkanes) is 28. The molecule has 0 bridgehead atoms. The molecule has 6 heteroatoms. The van der Waals surface area contributed by atoms with Gasteiger partial charge in [0, 0.05) is 19.3 Å². The summed E-state index contributed by atoms with van der Waals surface area (Å²) in [5, 5.41) is 0. The first kappa shape index (κ1) is 63.8. The highest BCUT2D eigenvalue weighted by Gasteiger charge is 2.19. The van der Waals surface area contributed by atoms with Gasteiger partial charge < -0.3 is 14.2 Å². The highest BCUT2D eigenvalue weighted by molar-refractivity contribution is 5.71. The van der Waals surface area contributed by atoms with Crippen molar-refractivity contribution < 1.29 is 28.6 Å². The van der Waals surface area contributed by atoms with Crippen molar-refractivity contribution in [3.05, 3.63) is 72.9 Å². The van der Waals surface area contributed by atoms with Gasteiger partial charge in [-0.25, -0.2) is 0 Å². The fourth-order valence-corrected chi connectivity index (χ4v) is 7.94. The van der Waals surface area contributed by atoms with Crippen molar-refractivity contribution in [2.45, 2.75) is 284 Å². The first-order chi connectivity index (χ1) is 33.0. The van der Waals surface area contributed by atoms with E-state index in [0.29, 0.717) is 19.3 Å². The largest absolute Gasteiger partial charge is 0.462 e. The molecule has 1 atom stereocenters. The molecule has 0 aromatic heterocycles. The van der Waals surface area contributed by atoms with Gasteiger partial charge in [-0.3, -0.25) is 14.4 Å². The van der Waals surface area contributed by atoms with Gasteiger partial charge in [-0.2, -0.15) is 0 Å². The Balaban J connectivity index is 4.40. The standard InChI is InChI=1S/C61H106O6/c1-4-7-10-13-16-19-22-25-27-29-30-31-33-34-36-39-42-45-48-51-54-60(63)66-57-58(56-65-59(62)53-50-47-44-41-38-24-21-18-15-12-9-6-3)67-61(64)55-52-49-46-43-40-37-35-32-28-26-23-20-17-14-11-8-5-2/h8,11,17-18,20-21,26,28,35,37,43,46,58H,4-7,9-10,12-16,19,22-25,27,29-34,36,38-42,44-45,47-57H2,1-3H3/b11-8-,20-17-,21-18-,28-26-,37-35-,46-43-. The highest BCUT2D eigenvalue weighted by Crippen LogP contribution is 2.16. The van der Waals surface area contributed by atoms with E-state index in [1.165, 1.54) is 148 Å². The summed E-state index contributed by atoms with van der Waals surface area (Å²) in [5.41, 5.74) is 0. The lowest BCUT2D eigenvalue weighted by Gasteiger charge is -2.18. The number of hydrogen-bond donors (Lipinski definition) is 0. The van der Waals surface area contributed by atoms with E-state index in [-0.39, 0.29) is 37.5 Å². The molecule has 0 aliphatic carbocycles. The van der Waals surface area contributed by atoms with Crippen molar-refractivity contribution in [3.63, 3.8) is 0 Å². The van der Waals surface area contributed by atoms with Crippen LogP contribution < -0.4 is 0 Å². The average molecular weight is 936 g/mol. The molecule has 0 heterocycles. The third kappa shape index (κ3) is 53.7. The van der Waals surface area contributed by atoms with Gasteiger partial charge in [0.05, 0.1) is 0 Å². The van der Waals surface area contributed by atoms with Crippen LogP contribution in [-0.2, 0) is 28.6 Å². The second kappa shape index (κ2) is 55.4. The summed E-state index contributed by atoms with van der Waals surface area (Å²) in [6.45, 7) is 6.47. The van der Waals surface area contributed by atoms with E-state index in [9.17, 15) is 14.4 Å². The predicted octanol–water partition coefficient (Wildman–Crippen LogP) is 19.0. The summed E-state index contributed by atoms with van der Waals surface area (Å²) in [6, 6.07) is 0. The monoisotopic (exact) mass is 935 g/mol. The summed E-state index contributed by atoms with van der Waals surface area (Å²) < 4.78 is 16.8. The maximum Gasteiger partial charge on any atom is 0.306 e. The second-order valence-corrected chi connectivity index (χ2v) is 18.8. The lowest BCUT2D eigenvalue weighted by atomic mass is 10.0. The van der Waals surface area contributed by atoms with E-state index in [0.717, 1.165) is 83.5 Å². The maximum absolute atomic E-state index is 12.8. The van der Waals surface area contributed by atoms with Crippen molar-refractivity contribution >= 4 is 17.9 Å². The van der Waals surface area contributed by atoms with Gasteiger partial charge in [-0.15, -0.1) is 0 Å². The van der Waals surface area contributed by atoms with Crippen molar-refractivity contribution in [2.24, 2.45) is 0 Å². The lowest BCUT2D eigenvalue weighted by Crippen LogP contribution is -2.30. The Labute approximate surface area is 414 Å². The molecule has 67 heavy (non-hydrogen) atoms. The van der Waals surface area contributed by atoms with Crippen LogP contribution in [0.1, 0.15) is 278 Å². The Bertz CT molecular complexity index is 1260. The Morgan fingerprint density at radius 1 is 0.313 bits per heavy atom. The second-order valence-electron chi connectivity index (χ2n) is 18.8. The van der Waals surface area contributed by atoms with E-state index < -0.39 is 6.10 Å². The Morgan fingerprint density at radius 3 is 1.00 bits per heavy atom. The van der Waals surface area contributed by atoms with Crippen molar-refractivity contribution in [1.29, 1.82) is 0 Å². The molecule has 0 saturated heterocycles. The molecule has 0 rings (SSSR count). The maximum atomic E-state index is 12.8. The van der Waals surface area contributed by atoms with E-state index in [1.807, 2.05) is 0 Å². The lowest BCUT2D eigenvalue weighted by molar-refractivity contribution is -0.167. The van der Waals surface area contributed by atoms with Crippen LogP contribution >= 0.6 is 0 Å². The smallest absolute Gasteiger partial charge is 0.306 e. The number of esters is 3. The molecule has 0 aliphatic rings. The number of hydrogen-bond acceptors (Lipinski definition) is 6. The van der Waals surface area contributed by atoms with Gasteiger partial charge in [0.15, 0.2) is 6.10 Å². The van der Waals surface area contributed by atoms with Crippen LogP contribution in [0.15, 0.2) is 72.9 Å². The number of ether oxygens (including phenoxy) is 3. The van der Waals surface area contributed by atoms with E-state index in [1.54, 1.807) is 0 Å². The van der Waals surface area contributed by atoms with Crippen molar-refractivity contribution in [3.8, 4) is 0 Å². The van der Waals surface area contributed by atoms with Crippen LogP contribution in [0.25, 0.3) is 0 Å². The van der Waals surface area contributed by atoms with Crippen molar-refractivity contribution in [2.75, 3.05) is 13.2 Å². The van der Waals surface area contributed by atoms with E-state index in [4.69, 9.17) is 14.2 Å². The Kier molecular flexibility index (Phi) is 52.8. The number of carbonyl (C=O) groups excluding carboxylic acids is 3. The van der Waals surface area contributed by atoms with Crippen molar-refractivity contribution in [1.82, 2.24) is 0 Å². The minimum Gasteiger partial charge on any atom is -0.462 e. The molecule has 0 aromatic rings. The predicted molar refractivity (Wildman–Crippen MR) is 288 cm³/mol.